The molecule has 2 aromatic rings. The van der Waals surface area contributed by atoms with Gasteiger partial charge in [0.2, 0.25) is 5.91 Å². The van der Waals surface area contributed by atoms with Gasteiger partial charge in [-0.05, 0) is 30.5 Å². The molecule has 1 aliphatic heterocycles. The number of benzene rings is 1. The summed E-state index contributed by atoms with van der Waals surface area (Å²) in [5.41, 5.74) is 1.41. The first-order valence-electron chi connectivity index (χ1n) is 7.84. The number of rotatable bonds is 4. The van der Waals surface area contributed by atoms with Gasteiger partial charge in [-0.15, -0.1) is 0 Å². The molecule has 1 aromatic heterocycles. The molecule has 3 rings (SSSR count). The van der Waals surface area contributed by atoms with Crippen molar-refractivity contribution in [3.8, 4) is 0 Å². The lowest BCUT2D eigenvalue weighted by atomic mass is 10.0. The van der Waals surface area contributed by atoms with Crippen LogP contribution in [0.25, 0.3) is 0 Å². The van der Waals surface area contributed by atoms with Crippen molar-refractivity contribution in [2.45, 2.75) is 31.4 Å². The van der Waals surface area contributed by atoms with Crippen LogP contribution in [-0.2, 0) is 23.0 Å². The van der Waals surface area contributed by atoms with E-state index in [-0.39, 0.29) is 24.5 Å². The van der Waals surface area contributed by atoms with Crippen LogP contribution in [0.15, 0.2) is 30.7 Å². The molecule has 24 heavy (non-hydrogen) atoms. The molecule has 2 heterocycles. The third-order valence-electron chi connectivity index (χ3n) is 4.18. The number of imidazole rings is 1. The van der Waals surface area contributed by atoms with Crippen molar-refractivity contribution >= 4 is 5.91 Å². The van der Waals surface area contributed by atoms with E-state index in [9.17, 15) is 13.6 Å². The molecule has 0 bridgehead atoms. The molecule has 0 unspecified atom stereocenters. The lowest BCUT2D eigenvalue weighted by Gasteiger charge is -2.30. The summed E-state index contributed by atoms with van der Waals surface area (Å²) < 4.78 is 33.8. The highest BCUT2D eigenvalue weighted by Crippen LogP contribution is 2.27. The van der Waals surface area contributed by atoms with Crippen LogP contribution in [0.5, 0.6) is 0 Å². The number of aryl methyl sites for hydroxylation is 1. The molecule has 0 saturated carbocycles. The lowest BCUT2D eigenvalue weighted by Crippen LogP contribution is -2.40. The summed E-state index contributed by atoms with van der Waals surface area (Å²) in [6.45, 7) is 0.548. The fourth-order valence-corrected chi connectivity index (χ4v) is 2.93. The van der Waals surface area contributed by atoms with E-state index in [1.165, 1.54) is 6.07 Å². The maximum atomic E-state index is 13.2. The van der Waals surface area contributed by atoms with Crippen molar-refractivity contribution in [1.29, 1.82) is 0 Å². The van der Waals surface area contributed by atoms with Crippen LogP contribution >= 0.6 is 0 Å². The summed E-state index contributed by atoms with van der Waals surface area (Å²) in [6, 6.07) is 3.49. The monoisotopic (exact) mass is 335 g/mol. The van der Waals surface area contributed by atoms with Gasteiger partial charge in [-0.2, -0.15) is 0 Å². The Morgan fingerprint density at radius 3 is 2.96 bits per heavy atom. The maximum absolute atomic E-state index is 13.2. The van der Waals surface area contributed by atoms with Crippen LogP contribution in [0.1, 0.15) is 30.2 Å². The van der Waals surface area contributed by atoms with Gasteiger partial charge in [0.15, 0.2) is 11.6 Å². The van der Waals surface area contributed by atoms with E-state index in [2.05, 4.69) is 10.3 Å². The van der Waals surface area contributed by atoms with Gasteiger partial charge in [0, 0.05) is 19.7 Å². The summed E-state index contributed by atoms with van der Waals surface area (Å²) >= 11 is 0. The molecule has 7 heteroatoms. The molecular formula is C17H19F2N3O2. The second-order valence-corrected chi connectivity index (χ2v) is 6.00. The minimum Gasteiger partial charge on any atom is -0.372 e. The minimum absolute atomic E-state index is 0.0172. The van der Waals surface area contributed by atoms with Crippen LogP contribution in [0.3, 0.4) is 0 Å². The molecule has 1 saturated heterocycles. The standard InChI is InChI=1S/C17H19F2N3O2/c1-22-10-20-9-15(22)16-8-12(4-5-24-16)21-17(23)7-11-2-3-13(18)14(19)6-11/h2-3,6,9-10,12,16H,4-5,7-8H2,1H3,(H,21,23)/t12-,16+/m1/s1. The smallest absolute Gasteiger partial charge is 0.224 e. The number of aromatic nitrogens is 2. The third-order valence-corrected chi connectivity index (χ3v) is 4.18. The minimum atomic E-state index is -0.942. The van der Waals surface area contributed by atoms with Gasteiger partial charge >= 0.3 is 0 Å². The Morgan fingerprint density at radius 2 is 2.25 bits per heavy atom. The average molecular weight is 335 g/mol. The first-order valence-corrected chi connectivity index (χ1v) is 7.84. The fourth-order valence-electron chi connectivity index (χ4n) is 2.93. The summed E-state index contributed by atoms with van der Waals surface area (Å²) in [7, 11) is 1.90. The Labute approximate surface area is 138 Å². The van der Waals surface area contributed by atoms with E-state index in [4.69, 9.17) is 4.74 Å². The molecule has 0 radical (unpaired) electrons. The molecule has 1 fully saturated rings. The Balaban J connectivity index is 1.58. The summed E-state index contributed by atoms with van der Waals surface area (Å²) in [5.74, 6) is -2.07. The van der Waals surface area contributed by atoms with E-state index < -0.39 is 11.6 Å². The number of amides is 1. The van der Waals surface area contributed by atoms with Gasteiger partial charge in [0.05, 0.1) is 24.6 Å². The van der Waals surface area contributed by atoms with E-state index in [1.54, 1.807) is 12.5 Å². The second kappa shape index (κ2) is 7.09. The van der Waals surface area contributed by atoms with Crippen molar-refractivity contribution in [1.82, 2.24) is 14.9 Å². The van der Waals surface area contributed by atoms with Crippen LogP contribution in [0, 0.1) is 11.6 Å². The highest BCUT2D eigenvalue weighted by Gasteiger charge is 2.26. The van der Waals surface area contributed by atoms with Crippen LogP contribution in [0.2, 0.25) is 0 Å². The van der Waals surface area contributed by atoms with Crippen molar-refractivity contribution in [3.63, 3.8) is 0 Å². The van der Waals surface area contributed by atoms with Gasteiger partial charge in [-0.25, -0.2) is 13.8 Å². The van der Waals surface area contributed by atoms with Gasteiger partial charge < -0.3 is 14.6 Å². The predicted octanol–water partition coefficient (Wildman–Crippen LogP) is 2.28. The van der Waals surface area contributed by atoms with Crippen LogP contribution in [0.4, 0.5) is 8.78 Å². The maximum Gasteiger partial charge on any atom is 0.224 e. The first-order chi connectivity index (χ1) is 11.5. The zero-order valence-electron chi connectivity index (χ0n) is 13.3. The number of halogens is 2. The molecule has 1 aliphatic rings. The highest BCUT2D eigenvalue weighted by molar-refractivity contribution is 5.78. The molecule has 2 atom stereocenters. The van der Waals surface area contributed by atoms with Gasteiger partial charge in [0.25, 0.3) is 0 Å². The number of nitrogens with zero attached hydrogens (tertiary/aromatic N) is 2. The number of ether oxygens (including phenoxy) is 1. The molecule has 128 valence electrons. The quantitative estimate of drug-likeness (QED) is 0.933. The molecule has 1 amide bonds. The Kier molecular flexibility index (Phi) is 4.89. The van der Waals surface area contributed by atoms with Gasteiger partial charge in [-0.3, -0.25) is 4.79 Å². The lowest BCUT2D eigenvalue weighted by molar-refractivity contribution is -0.122. The van der Waals surface area contributed by atoms with Gasteiger partial charge in [-0.1, -0.05) is 6.07 Å². The third kappa shape index (κ3) is 3.79. The van der Waals surface area contributed by atoms with Crippen molar-refractivity contribution in [2.75, 3.05) is 6.61 Å². The number of carbonyl (C=O) groups is 1. The average Bonchev–Trinajstić information content (AvgIpc) is 2.97. The number of hydrogen-bond acceptors (Lipinski definition) is 3. The van der Waals surface area contributed by atoms with E-state index in [1.807, 2.05) is 11.6 Å². The summed E-state index contributed by atoms with van der Waals surface area (Å²) in [4.78, 5) is 16.2. The Bertz CT molecular complexity index is 732. The second-order valence-electron chi connectivity index (χ2n) is 6.00. The van der Waals surface area contributed by atoms with Crippen LogP contribution in [-0.4, -0.2) is 28.1 Å². The summed E-state index contributed by atoms with van der Waals surface area (Å²) in [5, 5.41) is 2.95. The van der Waals surface area contributed by atoms with E-state index in [0.717, 1.165) is 24.2 Å². The molecule has 0 aliphatic carbocycles. The Hall–Kier alpha value is -2.28. The zero-order chi connectivity index (χ0) is 17.1. The molecule has 1 N–H and O–H groups in total. The van der Waals surface area contributed by atoms with Crippen molar-refractivity contribution in [3.05, 3.63) is 53.6 Å². The van der Waals surface area contributed by atoms with Gasteiger partial charge in [0.1, 0.15) is 6.10 Å². The van der Waals surface area contributed by atoms with E-state index in [0.29, 0.717) is 18.6 Å². The predicted molar refractivity (Wildman–Crippen MR) is 83.1 cm³/mol. The first kappa shape index (κ1) is 16.6. The van der Waals surface area contributed by atoms with Crippen molar-refractivity contribution in [2.24, 2.45) is 7.05 Å². The number of hydrogen-bond donors (Lipinski definition) is 1. The largest absolute Gasteiger partial charge is 0.372 e. The summed E-state index contributed by atoms with van der Waals surface area (Å²) in [6.07, 6.45) is 4.76. The number of carbonyl (C=O) groups excluding carboxylic acids is 1. The molecule has 5 nitrogen and oxygen atoms in total. The topological polar surface area (TPSA) is 56.2 Å². The number of nitrogens with one attached hydrogen (secondary N) is 1. The molecular weight excluding hydrogens is 316 g/mol. The molecule has 1 aromatic carbocycles. The zero-order valence-corrected chi connectivity index (χ0v) is 13.3. The fraction of sp³-hybridized carbons (Fsp3) is 0.412. The van der Waals surface area contributed by atoms with E-state index >= 15 is 0 Å². The van der Waals surface area contributed by atoms with Crippen molar-refractivity contribution < 1.29 is 18.3 Å². The van der Waals surface area contributed by atoms with Crippen LogP contribution < -0.4 is 5.32 Å². The molecule has 0 spiro atoms. The SMILES string of the molecule is Cn1cncc1[C@@H]1C[C@H](NC(=O)Cc2ccc(F)c(F)c2)CCO1. The normalized spacial score (nSPS) is 20.8. The Morgan fingerprint density at radius 1 is 1.42 bits per heavy atom. The highest BCUT2D eigenvalue weighted by atomic mass is 19.2.